The Balaban J connectivity index is 1.82. The summed E-state index contributed by atoms with van der Waals surface area (Å²) in [5.74, 6) is 0.929. The quantitative estimate of drug-likeness (QED) is 0.735. The minimum atomic E-state index is -3.03. The van der Waals surface area contributed by atoms with Crippen molar-refractivity contribution in [2.75, 3.05) is 18.6 Å². The second-order valence-corrected chi connectivity index (χ2v) is 10.0. The molecule has 0 radical (unpaired) electrons. The molecule has 0 spiro atoms. The van der Waals surface area contributed by atoms with Crippen molar-refractivity contribution in [3.05, 3.63) is 29.8 Å². The van der Waals surface area contributed by atoms with E-state index in [1.54, 1.807) is 7.11 Å². The van der Waals surface area contributed by atoms with Gasteiger partial charge in [0, 0.05) is 18.2 Å². The number of aliphatic imine (C=N–C) groups is 1. The number of ether oxygens (including phenoxy) is 1. The average molecular weight is 397 g/mol. The van der Waals surface area contributed by atoms with Crippen LogP contribution >= 0.6 is 11.8 Å². The molecule has 3 rings (SSSR count). The van der Waals surface area contributed by atoms with E-state index in [-0.39, 0.29) is 28.7 Å². The first kappa shape index (κ1) is 19.2. The van der Waals surface area contributed by atoms with Gasteiger partial charge in [-0.25, -0.2) is 8.42 Å². The number of carbonyl (C=O) groups is 1. The van der Waals surface area contributed by atoms with Gasteiger partial charge in [-0.3, -0.25) is 4.79 Å². The maximum absolute atomic E-state index is 12.1. The lowest BCUT2D eigenvalue weighted by Crippen LogP contribution is -2.37. The first-order valence-corrected chi connectivity index (χ1v) is 11.5. The van der Waals surface area contributed by atoms with E-state index in [0.717, 1.165) is 24.2 Å². The number of amidine groups is 1. The zero-order valence-electron chi connectivity index (χ0n) is 15.1. The second-order valence-electron chi connectivity index (χ2n) is 6.67. The lowest BCUT2D eigenvalue weighted by Gasteiger charge is -2.24. The molecule has 0 aliphatic carbocycles. The van der Waals surface area contributed by atoms with Gasteiger partial charge in [0.2, 0.25) is 5.91 Å². The number of fused-ring (bicyclic) bond motifs is 1. The summed E-state index contributed by atoms with van der Waals surface area (Å²) in [5, 5.41) is 0.614. The summed E-state index contributed by atoms with van der Waals surface area (Å²) in [5.41, 5.74) is 1.03. The van der Waals surface area contributed by atoms with Crippen LogP contribution in [0.4, 0.5) is 0 Å². The largest absolute Gasteiger partial charge is 0.497 e. The highest BCUT2D eigenvalue weighted by atomic mass is 32.2. The maximum Gasteiger partial charge on any atom is 0.248 e. The number of unbranched alkanes of at least 4 members (excludes halogenated alkanes) is 1. The first-order chi connectivity index (χ1) is 12.4. The monoisotopic (exact) mass is 396 g/mol. The molecule has 26 heavy (non-hydrogen) atoms. The highest BCUT2D eigenvalue weighted by molar-refractivity contribution is 8.15. The third kappa shape index (κ3) is 4.40. The van der Waals surface area contributed by atoms with Gasteiger partial charge in [-0.2, -0.15) is 4.99 Å². The highest BCUT2D eigenvalue weighted by Gasteiger charge is 2.48. The van der Waals surface area contributed by atoms with E-state index < -0.39 is 9.84 Å². The molecule has 2 atom stereocenters. The zero-order chi connectivity index (χ0) is 18.7. The van der Waals surface area contributed by atoms with E-state index >= 15 is 0 Å². The van der Waals surface area contributed by atoms with Gasteiger partial charge in [0.1, 0.15) is 5.75 Å². The van der Waals surface area contributed by atoms with Gasteiger partial charge < -0.3 is 9.64 Å². The molecule has 0 N–H and O–H groups in total. The van der Waals surface area contributed by atoms with E-state index in [1.165, 1.54) is 11.8 Å². The van der Waals surface area contributed by atoms with Crippen molar-refractivity contribution < 1.29 is 17.9 Å². The van der Waals surface area contributed by atoms with Crippen molar-refractivity contribution >= 4 is 32.7 Å². The zero-order valence-corrected chi connectivity index (χ0v) is 16.7. The number of nitrogens with zero attached hydrogens (tertiary/aromatic N) is 2. The van der Waals surface area contributed by atoms with Gasteiger partial charge in [-0.15, -0.1) is 0 Å². The van der Waals surface area contributed by atoms with Gasteiger partial charge in [0.05, 0.1) is 24.7 Å². The van der Waals surface area contributed by atoms with Crippen molar-refractivity contribution in [3.63, 3.8) is 0 Å². The molecule has 142 valence electrons. The molecule has 2 saturated heterocycles. The SMILES string of the molecule is CCCCC(=O)N=C1S[C@@H]2CS(=O)(=O)C[C@H]2N1Cc1ccc(OC)cc1. The van der Waals surface area contributed by atoms with E-state index in [9.17, 15) is 13.2 Å². The van der Waals surface area contributed by atoms with Crippen molar-refractivity contribution in [1.82, 2.24) is 4.90 Å². The molecule has 1 aromatic rings. The number of rotatable bonds is 6. The number of sulfone groups is 1. The summed E-state index contributed by atoms with van der Waals surface area (Å²) in [6, 6.07) is 7.55. The minimum Gasteiger partial charge on any atom is -0.497 e. The Morgan fingerprint density at radius 1 is 1.31 bits per heavy atom. The summed E-state index contributed by atoms with van der Waals surface area (Å²) in [4.78, 5) is 18.4. The van der Waals surface area contributed by atoms with E-state index in [0.29, 0.717) is 18.1 Å². The third-order valence-corrected chi connectivity index (χ3v) is 7.90. The molecule has 2 aliphatic rings. The van der Waals surface area contributed by atoms with Crippen LogP contribution in [0.25, 0.3) is 0 Å². The van der Waals surface area contributed by atoms with Crippen LogP contribution in [0.3, 0.4) is 0 Å². The number of hydrogen-bond donors (Lipinski definition) is 0. The van der Waals surface area contributed by atoms with Crippen LogP contribution in [0.1, 0.15) is 31.7 Å². The van der Waals surface area contributed by atoms with Gasteiger partial charge in [0.15, 0.2) is 15.0 Å². The Morgan fingerprint density at radius 2 is 2.04 bits per heavy atom. The van der Waals surface area contributed by atoms with Crippen LogP contribution in [-0.2, 0) is 21.2 Å². The number of benzene rings is 1. The maximum atomic E-state index is 12.1. The van der Waals surface area contributed by atoms with Crippen LogP contribution < -0.4 is 4.74 Å². The number of amides is 1. The second kappa shape index (κ2) is 8.00. The van der Waals surface area contributed by atoms with Crippen molar-refractivity contribution in [2.45, 2.75) is 44.0 Å². The Morgan fingerprint density at radius 3 is 2.69 bits per heavy atom. The third-order valence-electron chi connectivity index (χ3n) is 4.65. The Labute approximate surface area is 158 Å². The first-order valence-electron chi connectivity index (χ1n) is 8.80. The summed E-state index contributed by atoms with van der Waals surface area (Å²) in [7, 11) is -1.41. The van der Waals surface area contributed by atoms with Gasteiger partial charge >= 0.3 is 0 Å². The predicted octanol–water partition coefficient (Wildman–Crippen LogP) is 2.48. The summed E-state index contributed by atoms with van der Waals surface area (Å²) >= 11 is 1.43. The fourth-order valence-electron chi connectivity index (χ4n) is 3.24. The number of hydrogen-bond acceptors (Lipinski definition) is 5. The van der Waals surface area contributed by atoms with Crippen LogP contribution in [0.15, 0.2) is 29.3 Å². The molecule has 2 aliphatic heterocycles. The fourth-order valence-corrected chi connectivity index (χ4v) is 7.21. The van der Waals surface area contributed by atoms with Crippen LogP contribution in [0.2, 0.25) is 0 Å². The van der Waals surface area contributed by atoms with Gasteiger partial charge in [-0.05, 0) is 24.1 Å². The van der Waals surface area contributed by atoms with E-state index in [4.69, 9.17) is 4.74 Å². The highest BCUT2D eigenvalue weighted by Crippen LogP contribution is 2.39. The van der Waals surface area contributed by atoms with Gasteiger partial charge in [0.25, 0.3) is 0 Å². The Bertz CT molecular complexity index is 790. The lowest BCUT2D eigenvalue weighted by molar-refractivity contribution is -0.117. The summed E-state index contributed by atoms with van der Waals surface area (Å²) in [6.07, 6.45) is 2.20. The molecular weight excluding hydrogens is 372 g/mol. The molecule has 8 heteroatoms. The van der Waals surface area contributed by atoms with Crippen molar-refractivity contribution in [3.8, 4) is 5.75 Å². The normalized spacial score (nSPS) is 25.5. The molecule has 2 heterocycles. The van der Waals surface area contributed by atoms with Crippen LogP contribution in [-0.4, -0.2) is 54.3 Å². The van der Waals surface area contributed by atoms with Crippen molar-refractivity contribution in [2.24, 2.45) is 4.99 Å². The smallest absolute Gasteiger partial charge is 0.248 e. The van der Waals surface area contributed by atoms with E-state index in [1.807, 2.05) is 36.1 Å². The molecule has 1 aromatic carbocycles. The number of methoxy groups -OCH3 is 1. The fraction of sp³-hybridized carbons (Fsp3) is 0.556. The summed E-state index contributed by atoms with van der Waals surface area (Å²) < 4.78 is 29.2. The molecular formula is C18H24N2O4S2. The lowest BCUT2D eigenvalue weighted by atomic mass is 10.1. The molecule has 6 nitrogen and oxygen atoms in total. The number of carbonyl (C=O) groups excluding carboxylic acids is 1. The molecule has 0 unspecified atom stereocenters. The molecule has 1 amide bonds. The minimum absolute atomic E-state index is 0.0454. The molecule has 0 saturated carbocycles. The molecule has 0 aromatic heterocycles. The van der Waals surface area contributed by atoms with Crippen LogP contribution in [0, 0.1) is 0 Å². The van der Waals surface area contributed by atoms with Crippen LogP contribution in [0.5, 0.6) is 5.75 Å². The van der Waals surface area contributed by atoms with Gasteiger partial charge in [-0.1, -0.05) is 37.2 Å². The number of thioether (sulfide) groups is 1. The predicted molar refractivity (Wildman–Crippen MR) is 104 cm³/mol. The van der Waals surface area contributed by atoms with E-state index in [2.05, 4.69) is 4.99 Å². The summed E-state index contributed by atoms with van der Waals surface area (Å²) in [6.45, 7) is 2.57. The topological polar surface area (TPSA) is 76.0 Å². The molecule has 2 fully saturated rings. The Hall–Kier alpha value is -1.54. The molecule has 0 bridgehead atoms. The Kier molecular flexibility index (Phi) is 5.92. The van der Waals surface area contributed by atoms with Crippen molar-refractivity contribution in [1.29, 1.82) is 0 Å². The average Bonchev–Trinajstić information content (AvgIpc) is 3.06. The standard InChI is InChI=1S/C18H24N2O4S2/c1-3-4-5-17(21)19-18-20(10-13-6-8-14(24-2)9-7-13)15-11-26(22,23)12-16(15)25-18/h6-9,15-16H,3-5,10-12H2,1-2H3/t15-,16-/m1/s1.